The number of ether oxygens (including phenoxy) is 1. The first-order valence-corrected chi connectivity index (χ1v) is 13.2. The van der Waals surface area contributed by atoms with Gasteiger partial charge in [0.2, 0.25) is 5.91 Å². The Morgan fingerprint density at radius 2 is 1.76 bits per heavy atom. The van der Waals surface area contributed by atoms with Crippen LogP contribution in [-0.4, -0.2) is 41.0 Å². The molecule has 38 heavy (non-hydrogen) atoms. The van der Waals surface area contributed by atoms with Crippen LogP contribution in [0.2, 0.25) is 0 Å². The number of rotatable bonds is 11. The zero-order valence-corrected chi connectivity index (χ0v) is 23.8. The molecule has 7 nitrogen and oxygen atoms in total. The van der Waals surface area contributed by atoms with E-state index in [4.69, 9.17) is 4.74 Å². The highest BCUT2D eigenvalue weighted by molar-refractivity contribution is 5.99. The quantitative estimate of drug-likeness (QED) is 0.353. The second-order valence-corrected chi connectivity index (χ2v) is 10.9. The number of benzene rings is 2. The van der Waals surface area contributed by atoms with Crippen LogP contribution >= 0.6 is 0 Å². The van der Waals surface area contributed by atoms with Crippen molar-refractivity contribution in [3.05, 3.63) is 71.8 Å². The molecule has 0 aliphatic heterocycles. The molecule has 0 aliphatic carbocycles. The van der Waals surface area contributed by atoms with Crippen molar-refractivity contribution in [2.24, 2.45) is 5.92 Å². The average molecular weight is 522 g/mol. The van der Waals surface area contributed by atoms with Crippen molar-refractivity contribution < 1.29 is 19.1 Å². The first kappa shape index (κ1) is 30.6. The number of hydrogen-bond acceptors (Lipinski definition) is 4. The number of aryl methyl sites for hydroxylation is 1. The number of nitrogens with zero attached hydrogens (tertiary/aromatic N) is 1. The van der Waals surface area contributed by atoms with Crippen LogP contribution in [0.1, 0.15) is 77.1 Å². The van der Waals surface area contributed by atoms with Crippen LogP contribution in [0.4, 0.5) is 10.5 Å². The number of carbonyl (C=O) groups excluding carboxylic acids is 3. The van der Waals surface area contributed by atoms with E-state index in [2.05, 4.69) is 17.2 Å². The minimum Gasteiger partial charge on any atom is -0.444 e. The fourth-order valence-electron chi connectivity index (χ4n) is 4.19. The monoisotopic (exact) mass is 521 g/mol. The van der Waals surface area contributed by atoms with E-state index in [-0.39, 0.29) is 17.7 Å². The lowest BCUT2D eigenvalue weighted by Crippen LogP contribution is -2.53. The second-order valence-electron chi connectivity index (χ2n) is 10.9. The number of carbonyl (C=O) groups is 3. The lowest BCUT2D eigenvalue weighted by atomic mass is 9.97. The fraction of sp³-hybridized carbons (Fsp3) is 0.452. The van der Waals surface area contributed by atoms with Gasteiger partial charge in [-0.25, -0.2) is 4.79 Å². The van der Waals surface area contributed by atoms with Gasteiger partial charge in [-0.1, -0.05) is 69.8 Å². The number of nitrogens with one attached hydrogen (secondary N) is 2. The third-order valence-electron chi connectivity index (χ3n) is 5.87. The smallest absolute Gasteiger partial charge is 0.408 e. The molecule has 0 bridgehead atoms. The molecule has 2 aromatic carbocycles. The predicted octanol–water partition coefficient (Wildman–Crippen LogP) is 6.50. The number of para-hydroxylation sites is 1. The van der Waals surface area contributed by atoms with E-state index in [1.165, 1.54) is 0 Å². The summed E-state index contributed by atoms with van der Waals surface area (Å²) < 4.78 is 5.44. The van der Waals surface area contributed by atoms with E-state index in [9.17, 15) is 14.4 Å². The third kappa shape index (κ3) is 9.05. The molecular formula is C31H43N3O4. The van der Waals surface area contributed by atoms with Gasteiger partial charge in [-0.3, -0.25) is 9.59 Å². The first-order valence-electron chi connectivity index (χ1n) is 13.2. The molecule has 0 saturated carbocycles. The first-order chi connectivity index (χ1) is 17.9. The summed E-state index contributed by atoms with van der Waals surface area (Å²) >= 11 is 0. The number of amides is 3. The molecule has 0 heterocycles. The molecule has 7 heteroatoms. The fourth-order valence-corrected chi connectivity index (χ4v) is 4.19. The predicted molar refractivity (Wildman–Crippen MR) is 154 cm³/mol. The lowest BCUT2D eigenvalue weighted by Gasteiger charge is -2.35. The number of hydrogen-bond donors (Lipinski definition) is 2. The molecule has 2 atom stereocenters. The molecule has 2 aromatic rings. The molecule has 0 spiro atoms. The van der Waals surface area contributed by atoms with E-state index >= 15 is 0 Å². The summed E-state index contributed by atoms with van der Waals surface area (Å²) in [6, 6.07) is 13.2. The Labute approximate surface area is 227 Å². The molecule has 0 saturated heterocycles. The van der Waals surface area contributed by atoms with Crippen LogP contribution < -0.4 is 10.6 Å². The Balaban J connectivity index is 2.54. The van der Waals surface area contributed by atoms with Crippen molar-refractivity contribution in [1.82, 2.24) is 10.2 Å². The number of alkyl carbamates (subject to hydrolysis) is 1. The van der Waals surface area contributed by atoms with Gasteiger partial charge >= 0.3 is 6.09 Å². The van der Waals surface area contributed by atoms with E-state index in [1.54, 1.807) is 31.7 Å². The van der Waals surface area contributed by atoms with Crippen LogP contribution in [0.15, 0.2) is 55.1 Å². The van der Waals surface area contributed by atoms with Gasteiger partial charge in [-0.15, -0.1) is 0 Å². The van der Waals surface area contributed by atoms with E-state index < -0.39 is 23.8 Å². The molecule has 0 aliphatic rings. The Hall–Kier alpha value is -3.61. The largest absolute Gasteiger partial charge is 0.444 e. The zero-order chi connectivity index (χ0) is 28.5. The maximum absolute atomic E-state index is 14.1. The minimum absolute atomic E-state index is 0.116. The van der Waals surface area contributed by atoms with Gasteiger partial charge in [0.25, 0.3) is 5.91 Å². The van der Waals surface area contributed by atoms with Crippen molar-refractivity contribution in [3.63, 3.8) is 0 Å². The minimum atomic E-state index is -0.919. The summed E-state index contributed by atoms with van der Waals surface area (Å²) in [5.41, 5.74) is 2.38. The van der Waals surface area contributed by atoms with Gasteiger partial charge < -0.3 is 20.3 Å². The van der Waals surface area contributed by atoms with Crippen molar-refractivity contribution in [3.8, 4) is 0 Å². The van der Waals surface area contributed by atoms with E-state index in [1.807, 2.05) is 76.2 Å². The topological polar surface area (TPSA) is 87.7 Å². The molecule has 206 valence electrons. The summed E-state index contributed by atoms with van der Waals surface area (Å²) in [5.74, 6) is -0.547. The summed E-state index contributed by atoms with van der Waals surface area (Å²) in [6.07, 6.45) is 2.07. The van der Waals surface area contributed by atoms with Crippen molar-refractivity contribution >= 4 is 29.7 Å². The Morgan fingerprint density at radius 1 is 1.08 bits per heavy atom. The van der Waals surface area contributed by atoms with Crippen molar-refractivity contribution in [2.45, 2.75) is 79.0 Å². The molecule has 2 rings (SSSR count). The SMILES string of the molecule is C=Cc1cccc(C(C(=O)Nc2ccccc2C)N(CCC)C(=O)C(CC(C)C)NC(=O)OC(C)(C)C)c1. The van der Waals surface area contributed by atoms with Gasteiger partial charge in [0.05, 0.1) is 0 Å². The molecule has 2 N–H and O–H groups in total. The van der Waals surface area contributed by atoms with Crippen LogP contribution in [0.25, 0.3) is 6.08 Å². The summed E-state index contributed by atoms with van der Waals surface area (Å²) in [7, 11) is 0. The average Bonchev–Trinajstić information content (AvgIpc) is 2.83. The Kier molecular flexibility index (Phi) is 11.1. The molecule has 0 aromatic heterocycles. The molecule has 0 fully saturated rings. The summed E-state index contributed by atoms with van der Waals surface area (Å²) in [6.45, 7) is 17.3. The van der Waals surface area contributed by atoms with Crippen LogP contribution in [-0.2, 0) is 14.3 Å². The molecule has 2 unspecified atom stereocenters. The highest BCUT2D eigenvalue weighted by atomic mass is 16.6. The van der Waals surface area contributed by atoms with Gasteiger partial charge in [0.1, 0.15) is 17.7 Å². The van der Waals surface area contributed by atoms with Crippen LogP contribution in [0, 0.1) is 12.8 Å². The van der Waals surface area contributed by atoms with Gasteiger partial charge in [0.15, 0.2) is 0 Å². The molecule has 0 radical (unpaired) electrons. The summed E-state index contributed by atoms with van der Waals surface area (Å²) in [4.78, 5) is 42.3. The van der Waals surface area contributed by atoms with Crippen LogP contribution in [0.3, 0.4) is 0 Å². The maximum atomic E-state index is 14.1. The molecular weight excluding hydrogens is 478 g/mol. The Bertz CT molecular complexity index is 1120. The second kappa shape index (κ2) is 13.8. The Morgan fingerprint density at radius 3 is 2.34 bits per heavy atom. The van der Waals surface area contributed by atoms with Crippen molar-refractivity contribution in [2.75, 3.05) is 11.9 Å². The van der Waals surface area contributed by atoms with Crippen LogP contribution in [0.5, 0.6) is 0 Å². The van der Waals surface area contributed by atoms with E-state index in [0.29, 0.717) is 30.6 Å². The zero-order valence-electron chi connectivity index (χ0n) is 23.8. The van der Waals surface area contributed by atoms with Crippen molar-refractivity contribution in [1.29, 1.82) is 0 Å². The standard InChI is InChI=1S/C31H43N3O4/c1-9-18-34(29(36)26(19-21(3)4)33-30(37)38-31(6,7)8)27(24-16-13-15-23(10-2)20-24)28(35)32-25-17-12-11-14-22(25)5/h10-17,20-21,26-27H,2,9,18-19H2,1,3-8H3,(H,32,35)(H,33,37). The third-order valence-corrected chi connectivity index (χ3v) is 5.87. The molecule has 3 amide bonds. The highest BCUT2D eigenvalue weighted by Gasteiger charge is 2.36. The maximum Gasteiger partial charge on any atom is 0.408 e. The normalized spacial score (nSPS) is 12.8. The van der Waals surface area contributed by atoms with Gasteiger partial charge in [-0.2, -0.15) is 0 Å². The lowest BCUT2D eigenvalue weighted by molar-refractivity contribution is -0.141. The van der Waals surface area contributed by atoms with Gasteiger partial charge in [0, 0.05) is 12.2 Å². The summed E-state index contributed by atoms with van der Waals surface area (Å²) in [5, 5.41) is 5.79. The number of anilines is 1. The van der Waals surface area contributed by atoms with E-state index in [0.717, 1.165) is 11.1 Å². The highest BCUT2D eigenvalue weighted by Crippen LogP contribution is 2.27. The van der Waals surface area contributed by atoms with Gasteiger partial charge in [-0.05, 0) is 75.3 Å².